The lowest BCUT2D eigenvalue weighted by Crippen LogP contribution is -2.12. The van der Waals surface area contributed by atoms with Gasteiger partial charge in [-0.15, -0.1) is 22.7 Å². The molecule has 2 N–H and O–H groups in total. The predicted molar refractivity (Wildman–Crippen MR) is 182 cm³/mol. The van der Waals surface area contributed by atoms with Crippen molar-refractivity contribution in [1.82, 2.24) is 29.9 Å². The van der Waals surface area contributed by atoms with Gasteiger partial charge in [-0.3, -0.25) is 29.9 Å². The predicted octanol–water partition coefficient (Wildman–Crippen LogP) is 7.14. The maximum absolute atomic E-state index is 12.6. The van der Waals surface area contributed by atoms with E-state index in [0.29, 0.717) is 32.4 Å². The number of benzene rings is 1. The fourth-order valence-corrected chi connectivity index (χ4v) is 6.10. The Morgan fingerprint density at radius 2 is 1.61 bits per heavy atom. The fourth-order valence-electron chi connectivity index (χ4n) is 4.46. The minimum Gasteiger partial charge on any atom is -0.497 e. The van der Waals surface area contributed by atoms with Crippen LogP contribution in [0.2, 0.25) is 0 Å². The third-order valence-electron chi connectivity index (χ3n) is 6.85. The number of aromatic nitrogens is 6. The summed E-state index contributed by atoms with van der Waals surface area (Å²) in [5, 5.41) is 7.76. The second-order valence-corrected chi connectivity index (χ2v) is 11.5. The Morgan fingerprint density at radius 3 is 2.26 bits per heavy atom. The van der Waals surface area contributed by atoms with Gasteiger partial charge in [-0.1, -0.05) is 31.2 Å². The Hall–Kier alpha value is -5.59. The van der Waals surface area contributed by atoms with Gasteiger partial charge >= 0.3 is 0 Å². The number of hydrogen-bond acceptors (Lipinski definition) is 10. The fraction of sp³-hybridized carbons (Fsp3) is 0.0882. The van der Waals surface area contributed by atoms with Crippen molar-refractivity contribution in [2.24, 2.45) is 0 Å². The molecule has 1 amide bonds. The molecule has 0 aliphatic carbocycles. The molecule has 7 rings (SSSR count). The molecule has 7 aromatic rings. The van der Waals surface area contributed by atoms with Crippen molar-refractivity contribution in [3.8, 4) is 39.8 Å². The van der Waals surface area contributed by atoms with Gasteiger partial charge in [0.2, 0.25) is 0 Å². The van der Waals surface area contributed by atoms with E-state index in [0.717, 1.165) is 40.4 Å². The van der Waals surface area contributed by atoms with Gasteiger partial charge in [0.15, 0.2) is 11.0 Å². The number of nitrogens with one attached hydrogen (secondary N) is 2. The molecular weight excluding hydrogens is 619 g/mol. The molecule has 0 unspecified atom stereocenters. The lowest BCUT2D eigenvalue weighted by molar-refractivity contribution is 0.102. The van der Waals surface area contributed by atoms with E-state index in [-0.39, 0.29) is 11.5 Å². The number of amides is 1. The van der Waals surface area contributed by atoms with Crippen LogP contribution in [0.15, 0.2) is 107 Å². The number of carbonyl (C=O) groups is 1. The zero-order valence-corrected chi connectivity index (χ0v) is 26.4. The van der Waals surface area contributed by atoms with Crippen LogP contribution in [-0.2, 0) is 6.42 Å². The molecule has 0 fully saturated rings. The van der Waals surface area contributed by atoms with Gasteiger partial charge in [-0.25, -0.2) is 9.97 Å². The van der Waals surface area contributed by atoms with Crippen LogP contribution in [0, 0.1) is 0 Å². The summed E-state index contributed by atoms with van der Waals surface area (Å²) in [6.45, 7) is 2.02. The Labute approximate surface area is 271 Å². The molecule has 46 heavy (non-hydrogen) atoms. The SMILES string of the molecule is CCc1ccc(C(=O)Nc2nc(-c3ccccn3)cs2)cn1.COc1ccc(-c2csc3nc(-c4ccccn4)[nH]c(=O)c23)cc1. The molecule has 6 aromatic heterocycles. The monoisotopic (exact) mass is 645 g/mol. The summed E-state index contributed by atoms with van der Waals surface area (Å²) >= 11 is 2.82. The number of H-pyrrole nitrogens is 1. The number of methoxy groups -OCH3 is 1. The van der Waals surface area contributed by atoms with Crippen LogP contribution < -0.4 is 15.6 Å². The van der Waals surface area contributed by atoms with E-state index < -0.39 is 0 Å². The van der Waals surface area contributed by atoms with Crippen LogP contribution in [-0.4, -0.2) is 42.9 Å². The molecule has 12 heteroatoms. The summed E-state index contributed by atoms with van der Waals surface area (Å²) in [4.78, 5) is 50.0. The summed E-state index contributed by atoms with van der Waals surface area (Å²) in [6, 6.07) is 22.4. The Kier molecular flexibility index (Phi) is 9.27. The number of fused-ring (bicyclic) bond motifs is 1. The maximum atomic E-state index is 12.6. The van der Waals surface area contributed by atoms with Crippen molar-refractivity contribution in [3.63, 3.8) is 0 Å². The molecule has 0 aliphatic heterocycles. The molecule has 6 heterocycles. The summed E-state index contributed by atoms with van der Waals surface area (Å²) in [7, 11) is 1.63. The minimum atomic E-state index is -0.211. The lowest BCUT2D eigenvalue weighted by Gasteiger charge is -2.03. The van der Waals surface area contributed by atoms with Crippen LogP contribution in [0.4, 0.5) is 5.13 Å². The van der Waals surface area contributed by atoms with Gasteiger partial charge in [-0.2, -0.15) is 0 Å². The number of anilines is 1. The number of aromatic amines is 1. The molecule has 228 valence electrons. The lowest BCUT2D eigenvalue weighted by atomic mass is 10.1. The van der Waals surface area contributed by atoms with Crippen LogP contribution in [0.25, 0.3) is 44.2 Å². The highest BCUT2D eigenvalue weighted by molar-refractivity contribution is 7.17. The molecule has 0 saturated carbocycles. The van der Waals surface area contributed by atoms with Gasteiger partial charge in [0, 0.05) is 40.6 Å². The number of pyridine rings is 3. The molecule has 0 saturated heterocycles. The van der Waals surface area contributed by atoms with Crippen LogP contribution in [0.5, 0.6) is 5.75 Å². The number of hydrogen-bond donors (Lipinski definition) is 2. The first-order valence-corrected chi connectivity index (χ1v) is 16.0. The van der Waals surface area contributed by atoms with E-state index in [1.54, 1.807) is 31.8 Å². The van der Waals surface area contributed by atoms with E-state index in [1.807, 2.05) is 84.4 Å². The minimum absolute atomic E-state index is 0.160. The smallest absolute Gasteiger partial charge is 0.260 e. The Balaban J connectivity index is 0.000000162. The van der Waals surface area contributed by atoms with Gasteiger partial charge in [0.05, 0.1) is 23.8 Å². The topological polar surface area (TPSA) is 136 Å². The molecule has 0 atom stereocenters. The highest BCUT2D eigenvalue weighted by Crippen LogP contribution is 2.32. The van der Waals surface area contributed by atoms with Crippen molar-refractivity contribution in [2.45, 2.75) is 13.3 Å². The van der Waals surface area contributed by atoms with Gasteiger partial charge in [-0.05, 0) is 60.5 Å². The second-order valence-electron chi connectivity index (χ2n) is 9.79. The Morgan fingerprint density at radius 1 is 0.848 bits per heavy atom. The molecule has 0 spiro atoms. The first-order valence-electron chi connectivity index (χ1n) is 14.2. The first kappa shape index (κ1) is 30.4. The molecule has 0 radical (unpaired) electrons. The first-order chi connectivity index (χ1) is 22.5. The molecule has 10 nitrogen and oxygen atoms in total. The van der Waals surface area contributed by atoms with E-state index >= 15 is 0 Å². The number of carbonyl (C=O) groups excluding carboxylic acids is 1. The summed E-state index contributed by atoms with van der Waals surface area (Å²) in [5.41, 5.74) is 5.34. The van der Waals surface area contributed by atoms with Crippen molar-refractivity contribution in [3.05, 3.63) is 124 Å². The van der Waals surface area contributed by atoms with Crippen molar-refractivity contribution < 1.29 is 9.53 Å². The normalized spacial score (nSPS) is 10.7. The number of rotatable bonds is 7. The largest absolute Gasteiger partial charge is 0.497 e. The zero-order valence-electron chi connectivity index (χ0n) is 24.8. The molecular formula is C34H27N7O3S2. The number of aryl methyl sites for hydroxylation is 1. The van der Waals surface area contributed by atoms with Crippen LogP contribution >= 0.6 is 22.7 Å². The van der Waals surface area contributed by atoms with Crippen molar-refractivity contribution in [2.75, 3.05) is 12.4 Å². The number of nitrogens with zero attached hydrogens (tertiary/aromatic N) is 5. The highest BCUT2D eigenvalue weighted by Gasteiger charge is 2.14. The summed E-state index contributed by atoms with van der Waals surface area (Å²) < 4.78 is 5.18. The van der Waals surface area contributed by atoms with Crippen LogP contribution in [0.3, 0.4) is 0 Å². The standard InChI is InChI=1S/C18H13N3O2S.C16H14N4OS/c1-23-12-7-5-11(6-8-12)13-10-24-18-15(13)17(22)20-16(21-18)14-4-2-3-9-19-14;1-2-12-7-6-11(9-18-12)15(21)20-16-19-14(10-22-16)13-5-3-4-8-17-13/h2-10H,1H3,(H,20,21,22);3-10H,2H2,1H3,(H,19,20,21). The average molecular weight is 646 g/mol. The Bertz CT molecular complexity index is 2130. The van der Waals surface area contributed by atoms with E-state index in [1.165, 1.54) is 22.7 Å². The molecule has 0 bridgehead atoms. The van der Waals surface area contributed by atoms with Crippen LogP contribution in [0.1, 0.15) is 23.0 Å². The molecule has 1 aromatic carbocycles. The average Bonchev–Trinajstić information content (AvgIpc) is 3.77. The number of ether oxygens (including phenoxy) is 1. The molecule has 0 aliphatic rings. The number of thiazole rings is 1. The third kappa shape index (κ3) is 6.88. The maximum Gasteiger partial charge on any atom is 0.260 e. The van der Waals surface area contributed by atoms with E-state index in [2.05, 4.69) is 35.2 Å². The third-order valence-corrected chi connectivity index (χ3v) is 8.48. The van der Waals surface area contributed by atoms with Crippen molar-refractivity contribution >= 4 is 43.9 Å². The summed E-state index contributed by atoms with van der Waals surface area (Å²) in [5.74, 6) is 1.05. The zero-order chi connectivity index (χ0) is 31.9. The van der Waals surface area contributed by atoms with E-state index in [9.17, 15) is 9.59 Å². The van der Waals surface area contributed by atoms with Gasteiger partial charge < -0.3 is 9.72 Å². The highest BCUT2D eigenvalue weighted by atomic mass is 32.1. The van der Waals surface area contributed by atoms with E-state index in [4.69, 9.17) is 4.74 Å². The number of thiophene rings is 1. The summed E-state index contributed by atoms with van der Waals surface area (Å²) in [6.07, 6.45) is 5.83. The van der Waals surface area contributed by atoms with Gasteiger partial charge in [0.25, 0.3) is 11.5 Å². The van der Waals surface area contributed by atoms with Crippen molar-refractivity contribution in [1.29, 1.82) is 0 Å². The van der Waals surface area contributed by atoms with Gasteiger partial charge in [0.1, 0.15) is 22.0 Å². The quantitative estimate of drug-likeness (QED) is 0.187. The second kappa shape index (κ2) is 14.0.